The van der Waals surface area contributed by atoms with E-state index >= 15 is 0 Å². The van der Waals surface area contributed by atoms with Crippen LogP contribution in [0.3, 0.4) is 0 Å². The van der Waals surface area contributed by atoms with E-state index in [-0.39, 0.29) is 22.4 Å². The summed E-state index contributed by atoms with van der Waals surface area (Å²) in [6.07, 6.45) is 0. The first-order valence-electron chi connectivity index (χ1n) is 8.23. The van der Waals surface area contributed by atoms with Crippen molar-refractivity contribution in [3.8, 4) is 5.75 Å². The SMILES string of the molecule is Cc1ccccc1OC[C@H](C)NC(=O)c1cccc(S(=O)(=O)N(C)C)c1. The Hall–Kier alpha value is -2.38. The van der Waals surface area contributed by atoms with Gasteiger partial charge in [-0.25, -0.2) is 12.7 Å². The molecule has 0 aliphatic carbocycles. The van der Waals surface area contributed by atoms with E-state index in [0.29, 0.717) is 6.61 Å². The molecule has 1 N–H and O–H groups in total. The first-order valence-corrected chi connectivity index (χ1v) is 9.67. The van der Waals surface area contributed by atoms with Crippen molar-refractivity contribution in [1.82, 2.24) is 9.62 Å². The van der Waals surface area contributed by atoms with Crippen molar-refractivity contribution in [3.63, 3.8) is 0 Å². The van der Waals surface area contributed by atoms with Gasteiger partial charge >= 0.3 is 0 Å². The van der Waals surface area contributed by atoms with Crippen molar-refractivity contribution in [1.29, 1.82) is 0 Å². The van der Waals surface area contributed by atoms with Gasteiger partial charge in [0.25, 0.3) is 5.91 Å². The average Bonchev–Trinajstić information content (AvgIpc) is 2.61. The summed E-state index contributed by atoms with van der Waals surface area (Å²) in [5.74, 6) is 0.425. The second kappa shape index (κ2) is 8.33. The zero-order valence-electron chi connectivity index (χ0n) is 15.4. The minimum Gasteiger partial charge on any atom is -0.491 e. The van der Waals surface area contributed by atoms with Crippen LogP contribution in [0.25, 0.3) is 0 Å². The number of benzene rings is 2. The van der Waals surface area contributed by atoms with Gasteiger partial charge in [-0.2, -0.15) is 0 Å². The maximum atomic E-state index is 12.4. The quantitative estimate of drug-likeness (QED) is 0.805. The van der Waals surface area contributed by atoms with Crippen LogP contribution in [0.15, 0.2) is 53.4 Å². The molecule has 1 amide bonds. The molecule has 0 aliphatic heterocycles. The highest BCUT2D eigenvalue weighted by Gasteiger charge is 2.19. The largest absolute Gasteiger partial charge is 0.491 e. The Balaban J connectivity index is 2.02. The van der Waals surface area contributed by atoms with E-state index in [0.717, 1.165) is 15.6 Å². The summed E-state index contributed by atoms with van der Waals surface area (Å²) in [5, 5.41) is 2.82. The lowest BCUT2D eigenvalue weighted by molar-refractivity contribution is 0.0926. The monoisotopic (exact) mass is 376 g/mol. The predicted molar refractivity (Wildman–Crippen MR) is 101 cm³/mol. The first-order chi connectivity index (χ1) is 12.2. The molecule has 0 unspecified atom stereocenters. The minimum atomic E-state index is -3.58. The molecule has 0 saturated heterocycles. The molecule has 0 saturated carbocycles. The molecule has 0 spiro atoms. The summed E-state index contributed by atoms with van der Waals surface area (Å²) >= 11 is 0. The van der Waals surface area contributed by atoms with Crippen LogP contribution in [0.1, 0.15) is 22.8 Å². The molecule has 26 heavy (non-hydrogen) atoms. The molecule has 7 heteroatoms. The van der Waals surface area contributed by atoms with Crippen molar-refractivity contribution in [3.05, 3.63) is 59.7 Å². The topological polar surface area (TPSA) is 75.7 Å². The third kappa shape index (κ3) is 4.83. The summed E-state index contributed by atoms with van der Waals surface area (Å²) in [6.45, 7) is 4.10. The number of hydrogen-bond acceptors (Lipinski definition) is 4. The van der Waals surface area contributed by atoms with E-state index in [1.54, 1.807) is 12.1 Å². The number of sulfonamides is 1. The van der Waals surface area contributed by atoms with Crippen LogP contribution in [0.5, 0.6) is 5.75 Å². The van der Waals surface area contributed by atoms with Crippen LogP contribution in [0.2, 0.25) is 0 Å². The molecule has 2 rings (SSSR count). The molecule has 2 aromatic rings. The number of ether oxygens (including phenoxy) is 1. The van der Waals surface area contributed by atoms with Crippen LogP contribution >= 0.6 is 0 Å². The highest BCUT2D eigenvalue weighted by Crippen LogP contribution is 2.17. The lowest BCUT2D eigenvalue weighted by atomic mass is 10.2. The summed E-state index contributed by atoms with van der Waals surface area (Å²) in [6, 6.07) is 13.4. The van der Waals surface area contributed by atoms with Crippen molar-refractivity contribution in [2.45, 2.75) is 24.8 Å². The standard InChI is InChI=1S/C19H24N2O4S/c1-14-8-5-6-11-18(14)25-13-15(2)20-19(22)16-9-7-10-17(12-16)26(23,24)21(3)4/h5-12,15H,13H2,1-4H3,(H,20,22)/t15-/m0/s1. The second-order valence-corrected chi connectivity index (χ2v) is 8.42. The first kappa shape index (κ1) is 19.9. The fourth-order valence-corrected chi connectivity index (χ4v) is 3.24. The molecule has 1 atom stereocenters. The Morgan fingerprint density at radius 1 is 1.15 bits per heavy atom. The van der Waals surface area contributed by atoms with Gasteiger partial charge < -0.3 is 10.1 Å². The van der Waals surface area contributed by atoms with Gasteiger partial charge in [0, 0.05) is 19.7 Å². The fourth-order valence-electron chi connectivity index (χ4n) is 2.29. The van der Waals surface area contributed by atoms with E-state index in [2.05, 4.69) is 5.32 Å². The zero-order valence-corrected chi connectivity index (χ0v) is 16.2. The number of rotatable bonds is 7. The normalized spacial score (nSPS) is 12.7. The number of nitrogens with zero attached hydrogens (tertiary/aromatic N) is 1. The summed E-state index contributed by atoms with van der Waals surface area (Å²) in [5.41, 5.74) is 1.31. The summed E-state index contributed by atoms with van der Waals surface area (Å²) in [4.78, 5) is 12.5. The van der Waals surface area contributed by atoms with E-state index in [1.807, 2.05) is 38.1 Å². The van der Waals surface area contributed by atoms with Crippen molar-refractivity contribution >= 4 is 15.9 Å². The van der Waals surface area contributed by atoms with Crippen LogP contribution in [0, 0.1) is 6.92 Å². The average molecular weight is 376 g/mol. The molecule has 140 valence electrons. The lowest BCUT2D eigenvalue weighted by Gasteiger charge is -2.17. The summed E-state index contributed by atoms with van der Waals surface area (Å²) in [7, 11) is -0.681. The number of aryl methyl sites for hydroxylation is 1. The van der Waals surface area contributed by atoms with Gasteiger partial charge in [-0.05, 0) is 43.7 Å². The molecule has 2 aromatic carbocycles. The second-order valence-electron chi connectivity index (χ2n) is 6.27. The molecule has 6 nitrogen and oxygen atoms in total. The Morgan fingerprint density at radius 3 is 2.50 bits per heavy atom. The molecule has 0 heterocycles. The van der Waals surface area contributed by atoms with Gasteiger partial charge in [-0.1, -0.05) is 24.3 Å². The molecule has 0 aliphatic rings. The molecule has 0 aromatic heterocycles. The van der Waals surface area contributed by atoms with Gasteiger partial charge in [0.1, 0.15) is 12.4 Å². The number of carbonyl (C=O) groups excluding carboxylic acids is 1. The van der Waals surface area contributed by atoms with Gasteiger partial charge in [-0.15, -0.1) is 0 Å². The third-order valence-electron chi connectivity index (χ3n) is 3.83. The molecular formula is C19H24N2O4S. The van der Waals surface area contributed by atoms with Crippen molar-refractivity contribution in [2.24, 2.45) is 0 Å². The third-order valence-corrected chi connectivity index (χ3v) is 5.65. The zero-order chi connectivity index (χ0) is 19.3. The van der Waals surface area contributed by atoms with Crippen LogP contribution < -0.4 is 10.1 Å². The maximum Gasteiger partial charge on any atom is 0.251 e. The van der Waals surface area contributed by atoms with Crippen molar-refractivity contribution < 1.29 is 17.9 Å². The van der Waals surface area contributed by atoms with Gasteiger partial charge in [-0.3, -0.25) is 4.79 Å². The minimum absolute atomic E-state index is 0.0824. The van der Waals surface area contributed by atoms with Crippen LogP contribution in [0.4, 0.5) is 0 Å². The molecule has 0 radical (unpaired) electrons. The molecular weight excluding hydrogens is 352 g/mol. The van der Waals surface area contributed by atoms with Crippen molar-refractivity contribution in [2.75, 3.05) is 20.7 Å². The Kier molecular flexibility index (Phi) is 6.39. The Morgan fingerprint density at radius 2 is 1.85 bits per heavy atom. The van der Waals surface area contributed by atoms with E-state index < -0.39 is 10.0 Å². The van der Waals surface area contributed by atoms with Crippen LogP contribution in [-0.2, 0) is 10.0 Å². The number of amides is 1. The van der Waals surface area contributed by atoms with Gasteiger partial charge in [0.15, 0.2) is 0 Å². The molecule has 0 bridgehead atoms. The number of hydrogen-bond donors (Lipinski definition) is 1. The van der Waals surface area contributed by atoms with E-state index in [9.17, 15) is 13.2 Å². The van der Waals surface area contributed by atoms with E-state index in [4.69, 9.17) is 4.74 Å². The fraction of sp³-hybridized carbons (Fsp3) is 0.316. The summed E-state index contributed by atoms with van der Waals surface area (Å²) < 4.78 is 31.2. The van der Waals surface area contributed by atoms with Gasteiger partial charge in [0.2, 0.25) is 10.0 Å². The van der Waals surface area contributed by atoms with Gasteiger partial charge in [0.05, 0.1) is 10.9 Å². The van der Waals surface area contributed by atoms with Crippen LogP contribution in [-0.4, -0.2) is 45.4 Å². The highest BCUT2D eigenvalue weighted by atomic mass is 32.2. The maximum absolute atomic E-state index is 12.4. The number of carbonyl (C=O) groups is 1. The Labute approximate surface area is 154 Å². The smallest absolute Gasteiger partial charge is 0.251 e. The van der Waals surface area contributed by atoms with E-state index in [1.165, 1.54) is 26.2 Å². The number of nitrogens with one attached hydrogen (secondary N) is 1. The highest BCUT2D eigenvalue weighted by molar-refractivity contribution is 7.89. The number of para-hydroxylation sites is 1. The predicted octanol–water partition coefficient (Wildman–Crippen LogP) is 2.44. The lowest BCUT2D eigenvalue weighted by Crippen LogP contribution is -2.37. The molecule has 0 fully saturated rings. The Bertz CT molecular complexity index is 879.